The molecule has 2 aromatic heterocycles. The summed E-state index contributed by atoms with van der Waals surface area (Å²) in [4.78, 5) is 34.8. The molecule has 3 rings (SSSR count). The largest absolute Gasteiger partial charge is 0.491 e. The molecule has 9 nitrogen and oxygen atoms in total. The Labute approximate surface area is 142 Å². The number of fused-ring (bicyclic) bond motifs is 1. The van der Waals surface area contributed by atoms with E-state index in [2.05, 4.69) is 15.0 Å². The highest BCUT2D eigenvalue weighted by atomic mass is 16.5. The van der Waals surface area contributed by atoms with Gasteiger partial charge in [-0.25, -0.2) is 19.6 Å². The Bertz CT molecular complexity index is 992. The van der Waals surface area contributed by atoms with Gasteiger partial charge in [-0.05, 0) is 19.1 Å². The number of rotatable bonds is 5. The van der Waals surface area contributed by atoms with Crippen molar-refractivity contribution < 1.29 is 14.3 Å². The zero-order chi connectivity index (χ0) is 18.0. The van der Waals surface area contributed by atoms with Crippen molar-refractivity contribution in [3.63, 3.8) is 0 Å². The Balaban J connectivity index is 1.82. The minimum Gasteiger partial charge on any atom is -0.491 e. The average Bonchev–Trinajstić information content (AvgIpc) is 2.91. The van der Waals surface area contributed by atoms with Crippen molar-refractivity contribution in [1.82, 2.24) is 19.5 Å². The molecule has 0 bridgehead atoms. The van der Waals surface area contributed by atoms with Gasteiger partial charge in [-0.2, -0.15) is 0 Å². The molecule has 9 heteroatoms. The molecule has 2 heterocycles. The smallest absolute Gasteiger partial charge is 0.341 e. The number of imidazole rings is 1. The molecule has 0 saturated heterocycles. The number of nitrogen functional groups attached to an aromatic ring is 1. The molecular weight excluding hydrogens is 326 g/mol. The maximum Gasteiger partial charge on any atom is 0.341 e. The lowest BCUT2D eigenvalue weighted by Gasteiger charge is -2.10. The summed E-state index contributed by atoms with van der Waals surface area (Å²) in [6.07, 6.45) is 0. The number of hydrogen-bond acceptors (Lipinski definition) is 7. The molecule has 0 spiro atoms. The second kappa shape index (κ2) is 6.63. The Kier molecular flexibility index (Phi) is 4.38. The van der Waals surface area contributed by atoms with E-state index in [4.69, 9.17) is 15.2 Å². The number of ether oxygens (including phenoxy) is 2. The van der Waals surface area contributed by atoms with Gasteiger partial charge in [0.15, 0.2) is 11.5 Å². The number of aromatic nitrogens is 4. The Morgan fingerprint density at radius 3 is 2.84 bits per heavy atom. The zero-order valence-corrected chi connectivity index (χ0v) is 13.8. The van der Waals surface area contributed by atoms with Crippen LogP contribution in [0.1, 0.15) is 16.2 Å². The van der Waals surface area contributed by atoms with Gasteiger partial charge >= 0.3 is 11.7 Å². The van der Waals surface area contributed by atoms with Crippen molar-refractivity contribution >= 4 is 23.0 Å². The van der Waals surface area contributed by atoms with Crippen molar-refractivity contribution in [2.24, 2.45) is 0 Å². The minimum atomic E-state index is -0.490. The summed E-state index contributed by atoms with van der Waals surface area (Å²) in [6.45, 7) is 2.08. The van der Waals surface area contributed by atoms with Crippen LogP contribution in [-0.4, -0.2) is 39.2 Å². The molecule has 0 aliphatic rings. The van der Waals surface area contributed by atoms with Crippen LogP contribution in [0.25, 0.3) is 11.2 Å². The third-order valence-corrected chi connectivity index (χ3v) is 3.63. The SMILES string of the molecule is COC(=O)c1ccccc1OCCn1c(=O)[nH]c2c(N)nc(C)nc21. The fourth-order valence-corrected chi connectivity index (χ4v) is 2.49. The summed E-state index contributed by atoms with van der Waals surface area (Å²) in [5.74, 6) is 0.577. The van der Waals surface area contributed by atoms with Crippen LogP contribution in [0.2, 0.25) is 0 Å². The fraction of sp³-hybridized carbons (Fsp3) is 0.250. The molecular formula is C16H17N5O4. The molecule has 0 aliphatic carbocycles. The average molecular weight is 343 g/mol. The van der Waals surface area contributed by atoms with Gasteiger partial charge in [-0.1, -0.05) is 12.1 Å². The summed E-state index contributed by atoms with van der Waals surface area (Å²) >= 11 is 0. The molecule has 25 heavy (non-hydrogen) atoms. The third-order valence-electron chi connectivity index (χ3n) is 3.63. The highest BCUT2D eigenvalue weighted by molar-refractivity contribution is 5.92. The van der Waals surface area contributed by atoms with Crippen LogP contribution in [0.3, 0.4) is 0 Å². The predicted octanol–water partition coefficient (Wildman–Crippen LogP) is 0.876. The first-order chi connectivity index (χ1) is 12.0. The number of nitrogens with zero attached hydrogens (tertiary/aromatic N) is 3. The van der Waals surface area contributed by atoms with Crippen molar-refractivity contribution in [1.29, 1.82) is 0 Å². The number of aryl methyl sites for hydroxylation is 1. The second-order valence-corrected chi connectivity index (χ2v) is 5.27. The quantitative estimate of drug-likeness (QED) is 0.659. The molecule has 0 saturated carbocycles. The number of methoxy groups -OCH3 is 1. The van der Waals surface area contributed by atoms with Crippen molar-refractivity contribution in [3.05, 3.63) is 46.1 Å². The van der Waals surface area contributed by atoms with E-state index in [0.29, 0.717) is 28.3 Å². The van der Waals surface area contributed by atoms with Crippen LogP contribution in [-0.2, 0) is 11.3 Å². The van der Waals surface area contributed by atoms with Gasteiger partial charge in [0.1, 0.15) is 29.3 Å². The summed E-state index contributed by atoms with van der Waals surface area (Å²) in [5.41, 5.74) is 6.58. The van der Waals surface area contributed by atoms with Gasteiger partial charge in [-0.15, -0.1) is 0 Å². The number of nitrogens with one attached hydrogen (secondary N) is 1. The Morgan fingerprint density at radius 1 is 1.32 bits per heavy atom. The van der Waals surface area contributed by atoms with Crippen LogP contribution in [0, 0.1) is 6.92 Å². The van der Waals surface area contributed by atoms with Crippen LogP contribution in [0.4, 0.5) is 5.82 Å². The van der Waals surface area contributed by atoms with E-state index in [9.17, 15) is 9.59 Å². The second-order valence-electron chi connectivity index (χ2n) is 5.27. The minimum absolute atomic E-state index is 0.157. The first-order valence-corrected chi connectivity index (χ1v) is 7.54. The van der Waals surface area contributed by atoms with Crippen LogP contribution < -0.4 is 16.2 Å². The number of anilines is 1. The maximum atomic E-state index is 12.1. The fourth-order valence-electron chi connectivity index (χ4n) is 2.49. The molecule has 0 fully saturated rings. The molecule has 0 unspecified atom stereocenters. The lowest BCUT2D eigenvalue weighted by molar-refractivity contribution is 0.0596. The van der Waals surface area contributed by atoms with Crippen LogP contribution in [0.15, 0.2) is 29.1 Å². The highest BCUT2D eigenvalue weighted by Gasteiger charge is 2.14. The van der Waals surface area contributed by atoms with Gasteiger partial charge in [-0.3, -0.25) is 4.57 Å². The van der Waals surface area contributed by atoms with Crippen molar-refractivity contribution in [2.45, 2.75) is 13.5 Å². The summed E-state index contributed by atoms with van der Waals surface area (Å²) in [6, 6.07) is 6.73. The van der Waals surface area contributed by atoms with Crippen molar-refractivity contribution in [2.75, 3.05) is 19.5 Å². The van der Waals surface area contributed by atoms with Gasteiger partial charge in [0, 0.05) is 0 Å². The molecule has 130 valence electrons. The standard InChI is InChI=1S/C16H17N5O4/c1-9-18-13(17)12-14(19-9)21(16(23)20-12)7-8-25-11-6-4-3-5-10(11)15(22)24-2/h3-6H,7-8H2,1-2H3,(H,20,23)(H2,17,18,19). The number of carbonyl (C=O) groups excluding carboxylic acids is 1. The maximum absolute atomic E-state index is 12.1. The molecule has 0 aliphatic heterocycles. The summed E-state index contributed by atoms with van der Waals surface area (Å²) in [7, 11) is 1.30. The monoisotopic (exact) mass is 343 g/mol. The number of nitrogens with two attached hydrogens (primary N) is 1. The van der Waals surface area contributed by atoms with E-state index in [1.54, 1.807) is 31.2 Å². The molecule has 0 radical (unpaired) electrons. The highest BCUT2D eigenvalue weighted by Crippen LogP contribution is 2.19. The van der Waals surface area contributed by atoms with Crippen LogP contribution in [0.5, 0.6) is 5.75 Å². The van der Waals surface area contributed by atoms with E-state index < -0.39 is 5.97 Å². The lowest BCUT2D eigenvalue weighted by Crippen LogP contribution is -2.21. The third kappa shape index (κ3) is 3.16. The van der Waals surface area contributed by atoms with Gasteiger partial charge < -0.3 is 20.2 Å². The molecule has 1 aromatic carbocycles. The Morgan fingerprint density at radius 2 is 2.08 bits per heavy atom. The number of hydrogen-bond donors (Lipinski definition) is 2. The molecule has 0 amide bonds. The van der Waals surface area contributed by atoms with Gasteiger partial charge in [0.05, 0.1) is 13.7 Å². The number of benzene rings is 1. The predicted molar refractivity (Wildman–Crippen MR) is 90.6 cm³/mol. The first-order valence-electron chi connectivity index (χ1n) is 7.54. The lowest BCUT2D eigenvalue weighted by atomic mass is 10.2. The van der Waals surface area contributed by atoms with E-state index in [1.807, 2.05) is 0 Å². The number of esters is 1. The van der Waals surface area contributed by atoms with E-state index in [1.165, 1.54) is 11.7 Å². The number of H-pyrrole nitrogens is 1. The zero-order valence-electron chi connectivity index (χ0n) is 13.8. The molecule has 0 atom stereocenters. The number of carbonyl (C=O) groups is 1. The van der Waals surface area contributed by atoms with Gasteiger partial charge in [0.2, 0.25) is 0 Å². The van der Waals surface area contributed by atoms with Gasteiger partial charge in [0.25, 0.3) is 0 Å². The first kappa shape index (κ1) is 16.5. The molecule has 3 N–H and O–H groups in total. The summed E-state index contributed by atoms with van der Waals surface area (Å²) in [5, 5.41) is 0. The number of aromatic amines is 1. The van der Waals surface area contributed by atoms with E-state index in [0.717, 1.165) is 0 Å². The normalized spacial score (nSPS) is 10.8. The topological polar surface area (TPSA) is 125 Å². The Hall–Kier alpha value is -3.36. The number of para-hydroxylation sites is 1. The van der Waals surface area contributed by atoms with E-state index in [-0.39, 0.29) is 24.7 Å². The van der Waals surface area contributed by atoms with Crippen molar-refractivity contribution in [3.8, 4) is 5.75 Å². The van der Waals surface area contributed by atoms with E-state index >= 15 is 0 Å². The summed E-state index contributed by atoms with van der Waals surface area (Å²) < 4.78 is 11.8. The molecule has 3 aromatic rings. The van der Waals surface area contributed by atoms with Crippen LogP contribution >= 0.6 is 0 Å².